The Morgan fingerprint density at radius 2 is 2.27 bits per heavy atom. The lowest BCUT2D eigenvalue weighted by molar-refractivity contribution is -0.126. The van der Waals surface area contributed by atoms with Crippen molar-refractivity contribution in [2.45, 2.75) is 40.0 Å². The lowest BCUT2D eigenvalue weighted by atomic mass is 10.1. The topological polar surface area (TPSA) is 102 Å². The number of nitrogens with one attached hydrogen (secondary N) is 1. The van der Waals surface area contributed by atoms with E-state index < -0.39 is 0 Å². The number of carbonyl (C=O) groups is 2. The van der Waals surface area contributed by atoms with Crippen molar-refractivity contribution in [3.63, 3.8) is 0 Å². The minimum Gasteiger partial charge on any atom is -0.374 e. The highest BCUT2D eigenvalue weighted by atomic mass is 32.1. The van der Waals surface area contributed by atoms with Crippen LogP contribution in [0.2, 0.25) is 0 Å². The van der Waals surface area contributed by atoms with E-state index in [1.54, 1.807) is 12.5 Å². The third kappa shape index (κ3) is 4.07. The van der Waals surface area contributed by atoms with Gasteiger partial charge in [-0.2, -0.15) is 0 Å². The van der Waals surface area contributed by atoms with E-state index in [4.69, 9.17) is 4.74 Å². The summed E-state index contributed by atoms with van der Waals surface area (Å²) < 4.78 is 7.27. The van der Waals surface area contributed by atoms with Gasteiger partial charge >= 0.3 is 0 Å². The van der Waals surface area contributed by atoms with Crippen LogP contribution in [-0.4, -0.2) is 44.7 Å². The quantitative estimate of drug-likeness (QED) is 0.734. The molecule has 1 unspecified atom stereocenters. The van der Waals surface area contributed by atoms with E-state index in [0.29, 0.717) is 31.4 Å². The summed E-state index contributed by atoms with van der Waals surface area (Å²) >= 11 is 1.32. The van der Waals surface area contributed by atoms with E-state index in [9.17, 15) is 9.59 Å². The smallest absolute Gasteiger partial charge is 0.229 e. The van der Waals surface area contributed by atoms with Gasteiger partial charge in [-0.3, -0.25) is 14.5 Å². The first-order valence-corrected chi connectivity index (χ1v) is 9.41. The minimum atomic E-state index is -0.389. The summed E-state index contributed by atoms with van der Waals surface area (Å²) in [6.45, 7) is 6.41. The van der Waals surface area contributed by atoms with Crippen molar-refractivity contribution >= 4 is 28.3 Å². The summed E-state index contributed by atoms with van der Waals surface area (Å²) in [5, 5.41) is 12.2. The van der Waals surface area contributed by atoms with Crippen LogP contribution >= 0.6 is 11.3 Å². The molecule has 0 spiro atoms. The van der Waals surface area contributed by atoms with Gasteiger partial charge in [0.1, 0.15) is 11.6 Å². The molecule has 26 heavy (non-hydrogen) atoms. The summed E-state index contributed by atoms with van der Waals surface area (Å²) in [5.74, 6) is -0.633. The number of rotatable bonds is 8. The first-order chi connectivity index (χ1) is 12.6. The standard InChI is InChI=1S/C16H22N6O3S/c1-3-21-10-17-6-12(21)7-18-15(24)11-5-14(23)22(8-11)16-20-19-13(26-16)9-25-4-2/h6,10-11H,3-5,7-9H2,1-2H3,(H,18,24). The Labute approximate surface area is 155 Å². The molecule has 0 bridgehead atoms. The molecule has 2 aromatic rings. The number of nitrogens with zero attached hydrogens (tertiary/aromatic N) is 5. The molecule has 0 aliphatic carbocycles. The zero-order valence-electron chi connectivity index (χ0n) is 14.8. The van der Waals surface area contributed by atoms with Crippen LogP contribution in [0.5, 0.6) is 0 Å². The number of aryl methyl sites for hydroxylation is 1. The SMILES string of the molecule is CCOCc1nnc(N2CC(C(=O)NCc3cncn3CC)CC2=O)s1. The van der Waals surface area contributed by atoms with Crippen LogP contribution in [0, 0.1) is 5.92 Å². The molecular weight excluding hydrogens is 356 g/mol. The number of carbonyl (C=O) groups excluding carboxylic acids is 2. The number of hydrogen-bond donors (Lipinski definition) is 1. The fraction of sp³-hybridized carbons (Fsp3) is 0.562. The predicted molar refractivity (Wildman–Crippen MR) is 95.4 cm³/mol. The van der Waals surface area contributed by atoms with Crippen LogP contribution in [0.3, 0.4) is 0 Å². The molecule has 2 amide bonds. The number of amides is 2. The molecule has 1 fully saturated rings. The maximum Gasteiger partial charge on any atom is 0.229 e. The first-order valence-electron chi connectivity index (χ1n) is 8.59. The molecule has 2 aromatic heterocycles. The van der Waals surface area contributed by atoms with Crippen LogP contribution in [0.1, 0.15) is 31.0 Å². The summed E-state index contributed by atoms with van der Waals surface area (Å²) in [4.78, 5) is 30.3. The zero-order chi connectivity index (χ0) is 18.5. The van der Waals surface area contributed by atoms with Gasteiger partial charge in [-0.15, -0.1) is 10.2 Å². The van der Waals surface area contributed by atoms with Gasteiger partial charge in [-0.05, 0) is 13.8 Å². The Kier molecular flexibility index (Phi) is 5.94. The molecule has 1 aliphatic rings. The molecule has 10 heteroatoms. The van der Waals surface area contributed by atoms with Crippen LogP contribution in [0.4, 0.5) is 5.13 Å². The van der Waals surface area contributed by atoms with E-state index >= 15 is 0 Å². The average Bonchev–Trinajstić information content (AvgIpc) is 3.36. The molecule has 1 atom stereocenters. The Balaban J connectivity index is 1.56. The van der Waals surface area contributed by atoms with Crippen LogP contribution in [-0.2, 0) is 34.0 Å². The van der Waals surface area contributed by atoms with Gasteiger partial charge in [0.25, 0.3) is 0 Å². The van der Waals surface area contributed by atoms with E-state index in [-0.39, 0.29) is 24.2 Å². The second-order valence-corrected chi connectivity index (χ2v) is 6.95. The van der Waals surface area contributed by atoms with Crippen molar-refractivity contribution < 1.29 is 14.3 Å². The van der Waals surface area contributed by atoms with Gasteiger partial charge in [0.15, 0.2) is 0 Å². The number of aromatic nitrogens is 4. The molecule has 140 valence electrons. The predicted octanol–water partition coefficient (Wildman–Crippen LogP) is 0.960. The molecule has 1 saturated heterocycles. The third-order valence-electron chi connectivity index (χ3n) is 4.20. The van der Waals surface area contributed by atoms with Crippen molar-refractivity contribution in [1.82, 2.24) is 25.1 Å². The van der Waals surface area contributed by atoms with Gasteiger partial charge in [-0.25, -0.2) is 4.98 Å². The summed E-state index contributed by atoms with van der Waals surface area (Å²) in [7, 11) is 0. The van der Waals surface area contributed by atoms with Crippen LogP contribution in [0.25, 0.3) is 0 Å². The van der Waals surface area contributed by atoms with Gasteiger partial charge in [0, 0.05) is 32.3 Å². The lowest BCUT2D eigenvalue weighted by Crippen LogP contribution is -2.33. The first kappa shape index (κ1) is 18.5. The maximum atomic E-state index is 12.4. The van der Waals surface area contributed by atoms with Crippen molar-refractivity contribution in [3.05, 3.63) is 23.2 Å². The number of hydrogen-bond acceptors (Lipinski definition) is 7. The molecular formula is C16H22N6O3S. The highest BCUT2D eigenvalue weighted by Gasteiger charge is 2.36. The van der Waals surface area contributed by atoms with E-state index in [1.165, 1.54) is 16.2 Å². The van der Waals surface area contributed by atoms with Crippen LogP contribution < -0.4 is 10.2 Å². The number of anilines is 1. The van der Waals surface area contributed by atoms with Gasteiger partial charge in [-0.1, -0.05) is 11.3 Å². The van der Waals surface area contributed by atoms with E-state index in [0.717, 1.165) is 17.2 Å². The van der Waals surface area contributed by atoms with E-state index in [2.05, 4.69) is 20.5 Å². The zero-order valence-corrected chi connectivity index (χ0v) is 15.7. The monoisotopic (exact) mass is 378 g/mol. The molecule has 3 rings (SSSR count). The Hall–Kier alpha value is -2.33. The summed E-state index contributed by atoms with van der Waals surface area (Å²) in [5.41, 5.74) is 0.937. The molecule has 9 nitrogen and oxygen atoms in total. The van der Waals surface area contributed by atoms with Crippen LogP contribution in [0.15, 0.2) is 12.5 Å². The minimum absolute atomic E-state index is 0.108. The van der Waals surface area contributed by atoms with Crippen molar-refractivity contribution in [3.8, 4) is 0 Å². The summed E-state index contributed by atoms with van der Waals surface area (Å²) in [6.07, 6.45) is 3.65. The summed E-state index contributed by atoms with van der Waals surface area (Å²) in [6, 6.07) is 0. The second-order valence-electron chi connectivity index (χ2n) is 5.91. The Bertz CT molecular complexity index is 774. The van der Waals surface area contributed by atoms with Crippen molar-refractivity contribution in [1.29, 1.82) is 0 Å². The fourth-order valence-electron chi connectivity index (χ4n) is 2.77. The molecule has 0 radical (unpaired) electrons. The largest absolute Gasteiger partial charge is 0.374 e. The molecule has 1 aliphatic heterocycles. The van der Waals surface area contributed by atoms with Gasteiger partial charge in [0.05, 0.1) is 24.5 Å². The Morgan fingerprint density at radius 1 is 1.42 bits per heavy atom. The normalized spacial score (nSPS) is 17.1. The second kappa shape index (κ2) is 8.37. The highest BCUT2D eigenvalue weighted by Crippen LogP contribution is 2.28. The molecule has 0 aromatic carbocycles. The number of imidazole rings is 1. The molecule has 0 saturated carbocycles. The molecule has 3 heterocycles. The van der Waals surface area contributed by atoms with Gasteiger partial charge < -0.3 is 14.6 Å². The van der Waals surface area contributed by atoms with E-state index in [1.807, 2.05) is 18.4 Å². The molecule has 1 N–H and O–H groups in total. The van der Waals surface area contributed by atoms with Crippen molar-refractivity contribution in [2.75, 3.05) is 18.1 Å². The van der Waals surface area contributed by atoms with Crippen molar-refractivity contribution in [2.24, 2.45) is 5.92 Å². The highest BCUT2D eigenvalue weighted by molar-refractivity contribution is 7.15. The maximum absolute atomic E-state index is 12.4. The Morgan fingerprint density at radius 3 is 3.04 bits per heavy atom. The average molecular weight is 378 g/mol. The number of ether oxygens (including phenoxy) is 1. The lowest BCUT2D eigenvalue weighted by Gasteiger charge is -2.13. The fourth-order valence-corrected chi connectivity index (χ4v) is 3.57. The third-order valence-corrected chi connectivity index (χ3v) is 5.12. The van der Waals surface area contributed by atoms with Gasteiger partial charge in [0.2, 0.25) is 16.9 Å².